The normalized spacial score (nSPS) is 21.8. The number of hydrogen-bond donors (Lipinski definition) is 0. The number of rotatable bonds is 5. The lowest BCUT2D eigenvalue weighted by Crippen LogP contribution is -2.31. The van der Waals surface area contributed by atoms with Crippen LogP contribution in [-0.4, -0.2) is 66.9 Å². The molecule has 2 aliphatic rings. The van der Waals surface area contributed by atoms with E-state index in [-0.39, 0.29) is 0 Å². The minimum Gasteiger partial charge on any atom is -0.356 e. The molecular weight excluding hydrogens is 364 g/mol. The Kier molecular flexibility index (Phi) is 4.58. The zero-order valence-corrected chi connectivity index (χ0v) is 17.4. The van der Waals surface area contributed by atoms with E-state index in [4.69, 9.17) is 0 Å². The lowest BCUT2D eigenvalue weighted by molar-refractivity contribution is 0.317. The van der Waals surface area contributed by atoms with Crippen molar-refractivity contribution in [1.82, 2.24) is 34.2 Å². The standard InChI is InChI=1S/C21H28N8/c1-15-8-16(2)29(25-15)21-9-20(23-14-24-21)28-12-17-10-27(11-18(17)13-28)6-4-19-22-5-7-26(19)3/h5,7-9,14,17-18H,4,6,10-13H2,1-3H3. The topological polar surface area (TPSA) is 67.9 Å². The molecule has 2 saturated heterocycles. The maximum atomic E-state index is 4.56. The van der Waals surface area contributed by atoms with E-state index in [1.54, 1.807) is 6.33 Å². The highest BCUT2D eigenvalue weighted by atomic mass is 15.3. The van der Waals surface area contributed by atoms with Crippen LogP contribution in [0.15, 0.2) is 30.9 Å². The van der Waals surface area contributed by atoms with Gasteiger partial charge in [0.15, 0.2) is 5.82 Å². The van der Waals surface area contributed by atoms with E-state index >= 15 is 0 Å². The van der Waals surface area contributed by atoms with Crippen LogP contribution in [0.3, 0.4) is 0 Å². The second kappa shape index (κ2) is 7.26. The molecule has 2 fully saturated rings. The lowest BCUT2D eigenvalue weighted by atomic mass is 10.0. The molecular formula is C21H28N8. The van der Waals surface area contributed by atoms with E-state index in [2.05, 4.69) is 60.5 Å². The van der Waals surface area contributed by atoms with Crippen LogP contribution >= 0.6 is 0 Å². The minimum absolute atomic E-state index is 0.712. The van der Waals surface area contributed by atoms with E-state index in [1.807, 2.05) is 24.0 Å². The molecule has 5 heterocycles. The maximum Gasteiger partial charge on any atom is 0.159 e. The molecule has 2 aliphatic heterocycles. The molecule has 0 saturated carbocycles. The molecule has 0 aliphatic carbocycles. The summed E-state index contributed by atoms with van der Waals surface area (Å²) in [5, 5.41) is 4.56. The first kappa shape index (κ1) is 18.3. The number of likely N-dealkylation sites (tertiary alicyclic amines) is 1. The van der Waals surface area contributed by atoms with Gasteiger partial charge in [-0.05, 0) is 31.7 Å². The fraction of sp³-hybridized carbons (Fsp3) is 0.524. The van der Waals surface area contributed by atoms with Crippen molar-refractivity contribution in [3.8, 4) is 5.82 Å². The van der Waals surface area contributed by atoms with Crippen molar-refractivity contribution in [3.63, 3.8) is 0 Å². The summed E-state index contributed by atoms with van der Waals surface area (Å²) in [7, 11) is 2.07. The number of imidazole rings is 1. The Balaban J connectivity index is 1.22. The van der Waals surface area contributed by atoms with Crippen molar-refractivity contribution in [2.75, 3.05) is 37.6 Å². The third-order valence-corrected chi connectivity index (χ3v) is 6.32. The fourth-order valence-electron chi connectivity index (χ4n) is 4.84. The third-order valence-electron chi connectivity index (χ3n) is 6.32. The van der Waals surface area contributed by atoms with Crippen molar-refractivity contribution in [3.05, 3.63) is 48.1 Å². The van der Waals surface area contributed by atoms with Crippen molar-refractivity contribution >= 4 is 5.82 Å². The van der Waals surface area contributed by atoms with E-state index in [0.29, 0.717) is 11.8 Å². The Bertz CT molecular complexity index is 992. The molecule has 0 N–H and O–H groups in total. The van der Waals surface area contributed by atoms with Crippen molar-refractivity contribution < 1.29 is 0 Å². The van der Waals surface area contributed by atoms with E-state index in [1.165, 1.54) is 18.9 Å². The van der Waals surface area contributed by atoms with Gasteiger partial charge in [-0.1, -0.05) is 0 Å². The van der Waals surface area contributed by atoms with Gasteiger partial charge in [0, 0.05) is 70.3 Å². The molecule has 2 unspecified atom stereocenters. The van der Waals surface area contributed by atoms with Crippen molar-refractivity contribution in [1.29, 1.82) is 0 Å². The van der Waals surface area contributed by atoms with Crippen LogP contribution in [-0.2, 0) is 13.5 Å². The third kappa shape index (κ3) is 3.53. The second-order valence-corrected chi connectivity index (χ2v) is 8.46. The molecule has 2 atom stereocenters. The predicted octanol–water partition coefficient (Wildman–Crippen LogP) is 1.62. The average molecular weight is 393 g/mol. The molecule has 8 heteroatoms. The molecule has 0 aromatic carbocycles. The number of aromatic nitrogens is 6. The van der Waals surface area contributed by atoms with Gasteiger partial charge in [-0.15, -0.1) is 0 Å². The number of nitrogens with zero attached hydrogens (tertiary/aromatic N) is 8. The summed E-state index contributed by atoms with van der Waals surface area (Å²) in [6, 6.07) is 4.14. The summed E-state index contributed by atoms with van der Waals surface area (Å²) in [5.41, 5.74) is 2.10. The first-order valence-electron chi connectivity index (χ1n) is 10.4. The van der Waals surface area contributed by atoms with Gasteiger partial charge in [0.1, 0.15) is 18.0 Å². The molecule has 3 aromatic heterocycles. The van der Waals surface area contributed by atoms with Gasteiger partial charge < -0.3 is 14.4 Å². The molecule has 0 spiro atoms. The zero-order valence-electron chi connectivity index (χ0n) is 17.4. The minimum atomic E-state index is 0.712. The molecule has 3 aromatic rings. The van der Waals surface area contributed by atoms with Crippen LogP contribution < -0.4 is 4.90 Å². The number of fused-ring (bicyclic) bond motifs is 1. The number of aryl methyl sites for hydroxylation is 3. The van der Waals surface area contributed by atoms with E-state index in [0.717, 1.165) is 49.1 Å². The largest absolute Gasteiger partial charge is 0.356 e. The predicted molar refractivity (Wildman–Crippen MR) is 111 cm³/mol. The Morgan fingerprint density at radius 3 is 2.38 bits per heavy atom. The summed E-state index contributed by atoms with van der Waals surface area (Å²) in [6.07, 6.45) is 6.58. The average Bonchev–Trinajstić information content (AvgIpc) is 3.44. The van der Waals surface area contributed by atoms with Crippen molar-refractivity contribution in [2.24, 2.45) is 18.9 Å². The zero-order chi connectivity index (χ0) is 20.0. The van der Waals surface area contributed by atoms with Crippen LogP contribution in [0.4, 0.5) is 5.82 Å². The highest BCUT2D eigenvalue weighted by Gasteiger charge is 2.40. The molecule has 5 rings (SSSR count). The summed E-state index contributed by atoms with van der Waals surface area (Å²) < 4.78 is 4.02. The first-order chi connectivity index (χ1) is 14.1. The number of hydrogen-bond acceptors (Lipinski definition) is 6. The maximum absolute atomic E-state index is 4.56. The SMILES string of the molecule is Cc1cc(C)n(-c2cc(N3CC4CN(CCc5nccn5C)CC4C3)ncn2)n1. The highest BCUT2D eigenvalue weighted by molar-refractivity contribution is 5.45. The monoisotopic (exact) mass is 392 g/mol. The number of anilines is 1. The smallest absolute Gasteiger partial charge is 0.159 e. The van der Waals surface area contributed by atoms with Gasteiger partial charge in [-0.25, -0.2) is 19.6 Å². The molecule has 29 heavy (non-hydrogen) atoms. The summed E-state index contributed by atoms with van der Waals surface area (Å²) in [4.78, 5) is 18.5. The van der Waals surface area contributed by atoms with E-state index in [9.17, 15) is 0 Å². The molecule has 0 radical (unpaired) electrons. The highest BCUT2D eigenvalue weighted by Crippen LogP contribution is 2.33. The van der Waals surface area contributed by atoms with Crippen molar-refractivity contribution in [2.45, 2.75) is 20.3 Å². The molecule has 8 nitrogen and oxygen atoms in total. The second-order valence-electron chi connectivity index (χ2n) is 8.46. The lowest BCUT2D eigenvalue weighted by Gasteiger charge is -2.22. The molecule has 0 bridgehead atoms. The van der Waals surface area contributed by atoms with Gasteiger partial charge in [0.2, 0.25) is 0 Å². The Hall–Kier alpha value is -2.74. The Morgan fingerprint density at radius 1 is 0.966 bits per heavy atom. The quantitative estimate of drug-likeness (QED) is 0.657. The summed E-state index contributed by atoms with van der Waals surface area (Å²) in [5.74, 6) is 4.44. The summed E-state index contributed by atoms with van der Waals surface area (Å²) in [6.45, 7) is 9.62. The van der Waals surface area contributed by atoms with Crippen LogP contribution in [0, 0.1) is 25.7 Å². The Labute approximate surface area is 171 Å². The Morgan fingerprint density at radius 2 is 1.72 bits per heavy atom. The van der Waals surface area contributed by atoms with Gasteiger partial charge >= 0.3 is 0 Å². The van der Waals surface area contributed by atoms with Gasteiger partial charge in [0.05, 0.1) is 5.69 Å². The summed E-state index contributed by atoms with van der Waals surface area (Å²) >= 11 is 0. The first-order valence-corrected chi connectivity index (χ1v) is 10.4. The van der Waals surface area contributed by atoms with Crippen LogP contribution in [0.2, 0.25) is 0 Å². The van der Waals surface area contributed by atoms with Gasteiger partial charge in [0.25, 0.3) is 0 Å². The van der Waals surface area contributed by atoms with Gasteiger partial charge in [-0.3, -0.25) is 0 Å². The fourth-order valence-corrected chi connectivity index (χ4v) is 4.84. The molecule has 152 valence electrons. The van der Waals surface area contributed by atoms with E-state index < -0.39 is 0 Å². The molecule has 0 amide bonds. The van der Waals surface area contributed by atoms with Crippen LogP contribution in [0.25, 0.3) is 5.82 Å². The van der Waals surface area contributed by atoms with Gasteiger partial charge in [-0.2, -0.15) is 5.10 Å². The van der Waals surface area contributed by atoms with Crippen LogP contribution in [0.1, 0.15) is 17.2 Å². The van der Waals surface area contributed by atoms with Crippen LogP contribution in [0.5, 0.6) is 0 Å².